The largest absolute Gasteiger partial charge is 0.310 e. The van der Waals surface area contributed by atoms with Crippen LogP contribution in [0.25, 0.3) is 0 Å². The van der Waals surface area contributed by atoms with Crippen LogP contribution in [-0.2, 0) is 16.6 Å². The third-order valence-electron chi connectivity index (χ3n) is 1.88. The Hall–Kier alpha value is -0.630. The van der Waals surface area contributed by atoms with Crippen LogP contribution < -0.4 is 10.0 Å². The second kappa shape index (κ2) is 7.61. The Morgan fingerprint density at radius 2 is 2.19 bits per heavy atom. The summed E-state index contributed by atoms with van der Waals surface area (Å²) in [6.07, 6.45) is 1.68. The number of hydrogen-bond acceptors (Lipinski definition) is 4. The van der Waals surface area contributed by atoms with Crippen molar-refractivity contribution >= 4 is 22.4 Å². The van der Waals surface area contributed by atoms with Crippen molar-refractivity contribution in [1.82, 2.24) is 20.2 Å². The van der Waals surface area contributed by atoms with E-state index in [2.05, 4.69) is 20.2 Å². The number of aromatic nitrogens is 2. The molecular weight excluding hydrogens is 252 g/mol. The normalized spacial score (nSPS) is 11.1. The van der Waals surface area contributed by atoms with Gasteiger partial charge >= 0.3 is 0 Å². The van der Waals surface area contributed by atoms with E-state index in [1.165, 1.54) is 0 Å². The quantitative estimate of drug-likeness (QED) is 0.601. The monoisotopic (exact) mass is 268 g/mol. The van der Waals surface area contributed by atoms with E-state index in [4.69, 9.17) is 0 Å². The highest BCUT2D eigenvalue weighted by molar-refractivity contribution is 7.89. The molecule has 0 spiro atoms. The minimum Gasteiger partial charge on any atom is -0.310 e. The molecule has 0 bridgehead atoms. The molecule has 0 saturated heterocycles. The van der Waals surface area contributed by atoms with Gasteiger partial charge in [0, 0.05) is 31.5 Å². The maximum atomic E-state index is 11.0. The summed E-state index contributed by atoms with van der Waals surface area (Å²) >= 11 is 0. The molecule has 3 N–H and O–H groups in total. The Morgan fingerprint density at radius 3 is 2.75 bits per heavy atom. The summed E-state index contributed by atoms with van der Waals surface area (Å²) in [5.41, 5.74) is 0.980. The molecule has 0 aromatic carbocycles. The second-order valence-corrected chi connectivity index (χ2v) is 5.15. The number of hydrogen-bond donors (Lipinski definition) is 3. The molecule has 0 unspecified atom stereocenters. The lowest BCUT2D eigenvalue weighted by Crippen LogP contribution is -2.32. The topological polar surface area (TPSA) is 86.9 Å². The molecule has 1 aromatic rings. The van der Waals surface area contributed by atoms with Gasteiger partial charge in [0.25, 0.3) is 0 Å². The van der Waals surface area contributed by atoms with E-state index < -0.39 is 10.0 Å². The number of H-pyrrole nitrogens is 1. The molecule has 0 fully saturated rings. The van der Waals surface area contributed by atoms with Crippen LogP contribution in [0.3, 0.4) is 0 Å². The predicted molar refractivity (Wildman–Crippen MR) is 65.0 cm³/mol. The molecule has 1 rings (SSSR count). The second-order valence-electron chi connectivity index (χ2n) is 3.06. The van der Waals surface area contributed by atoms with Crippen LogP contribution in [0.4, 0.5) is 0 Å². The third-order valence-corrected chi connectivity index (χ3v) is 3.28. The summed E-state index contributed by atoms with van der Waals surface area (Å²) in [5, 5.41) is 9.69. The van der Waals surface area contributed by atoms with Crippen LogP contribution in [0, 0.1) is 0 Å². The van der Waals surface area contributed by atoms with Gasteiger partial charge in [-0.15, -0.1) is 12.4 Å². The van der Waals surface area contributed by atoms with E-state index in [0.717, 1.165) is 5.69 Å². The highest BCUT2D eigenvalue weighted by Crippen LogP contribution is 1.88. The first kappa shape index (κ1) is 15.4. The maximum absolute atomic E-state index is 11.0. The highest BCUT2D eigenvalue weighted by atomic mass is 35.5. The summed E-state index contributed by atoms with van der Waals surface area (Å²) in [5.74, 6) is 0.119. The van der Waals surface area contributed by atoms with Crippen LogP contribution in [0.15, 0.2) is 12.3 Å². The smallest absolute Gasteiger partial charge is 0.211 e. The molecule has 0 aliphatic heterocycles. The molecular formula is C8H17ClN4O2S. The summed E-state index contributed by atoms with van der Waals surface area (Å²) in [4.78, 5) is 0. The van der Waals surface area contributed by atoms with Gasteiger partial charge in [0.1, 0.15) is 0 Å². The molecule has 8 heteroatoms. The van der Waals surface area contributed by atoms with Gasteiger partial charge in [-0.05, 0) is 13.0 Å². The standard InChI is InChI=1S/C8H16N4O2S.ClH/c1-2-15(13,14)11-6-5-9-7-8-3-4-10-12-8;/h3-4,9,11H,2,5-7H2,1H3,(H,10,12);1H. The van der Waals surface area contributed by atoms with E-state index >= 15 is 0 Å². The molecule has 0 atom stereocenters. The van der Waals surface area contributed by atoms with Crippen molar-refractivity contribution in [2.75, 3.05) is 18.8 Å². The van der Waals surface area contributed by atoms with Crippen molar-refractivity contribution in [3.8, 4) is 0 Å². The molecule has 0 aliphatic rings. The zero-order valence-electron chi connectivity index (χ0n) is 9.06. The first-order valence-electron chi connectivity index (χ1n) is 4.80. The van der Waals surface area contributed by atoms with Crippen LogP contribution >= 0.6 is 12.4 Å². The van der Waals surface area contributed by atoms with Gasteiger partial charge in [-0.25, -0.2) is 13.1 Å². The Morgan fingerprint density at radius 1 is 1.44 bits per heavy atom. The zero-order chi connectivity index (χ0) is 11.1. The Balaban J connectivity index is 0.00000225. The molecule has 0 saturated carbocycles. The molecule has 94 valence electrons. The average Bonchev–Trinajstić information content (AvgIpc) is 2.70. The van der Waals surface area contributed by atoms with E-state index in [-0.39, 0.29) is 18.2 Å². The van der Waals surface area contributed by atoms with E-state index in [0.29, 0.717) is 19.6 Å². The minimum absolute atomic E-state index is 0. The van der Waals surface area contributed by atoms with Crippen molar-refractivity contribution in [2.45, 2.75) is 13.5 Å². The summed E-state index contributed by atoms with van der Waals surface area (Å²) in [6, 6.07) is 1.86. The fourth-order valence-electron chi connectivity index (χ4n) is 1.00. The lowest BCUT2D eigenvalue weighted by atomic mass is 10.4. The first-order valence-corrected chi connectivity index (χ1v) is 6.45. The fraction of sp³-hybridized carbons (Fsp3) is 0.625. The van der Waals surface area contributed by atoms with Gasteiger partial charge in [-0.2, -0.15) is 5.10 Å². The van der Waals surface area contributed by atoms with Gasteiger partial charge in [0.05, 0.1) is 5.75 Å². The predicted octanol–water partition coefficient (Wildman–Crippen LogP) is -0.140. The van der Waals surface area contributed by atoms with Crippen molar-refractivity contribution in [3.63, 3.8) is 0 Å². The lowest BCUT2D eigenvalue weighted by Gasteiger charge is -2.05. The van der Waals surface area contributed by atoms with Crippen LogP contribution in [0.1, 0.15) is 12.6 Å². The van der Waals surface area contributed by atoms with Crippen molar-refractivity contribution in [1.29, 1.82) is 0 Å². The Kier molecular flexibility index (Phi) is 7.31. The Labute approximate surface area is 102 Å². The van der Waals surface area contributed by atoms with Gasteiger partial charge in [0.2, 0.25) is 10.0 Å². The molecule has 0 amide bonds. The van der Waals surface area contributed by atoms with Crippen molar-refractivity contribution in [3.05, 3.63) is 18.0 Å². The lowest BCUT2D eigenvalue weighted by molar-refractivity contribution is 0.576. The molecule has 6 nitrogen and oxygen atoms in total. The summed E-state index contributed by atoms with van der Waals surface area (Å²) < 4.78 is 24.5. The summed E-state index contributed by atoms with van der Waals surface area (Å²) in [6.45, 7) is 3.27. The van der Waals surface area contributed by atoms with E-state index in [9.17, 15) is 8.42 Å². The molecule has 1 aromatic heterocycles. The highest BCUT2D eigenvalue weighted by Gasteiger charge is 2.03. The average molecular weight is 269 g/mol. The number of aromatic amines is 1. The molecule has 0 aliphatic carbocycles. The third kappa shape index (κ3) is 6.06. The van der Waals surface area contributed by atoms with Crippen LogP contribution in [-0.4, -0.2) is 37.5 Å². The number of nitrogens with one attached hydrogen (secondary N) is 3. The number of nitrogens with zero attached hydrogens (tertiary/aromatic N) is 1. The van der Waals surface area contributed by atoms with E-state index in [1.807, 2.05) is 6.07 Å². The number of halogens is 1. The van der Waals surface area contributed by atoms with Gasteiger partial charge in [0.15, 0.2) is 0 Å². The first-order chi connectivity index (χ1) is 7.14. The van der Waals surface area contributed by atoms with Gasteiger partial charge in [-0.3, -0.25) is 5.10 Å². The van der Waals surface area contributed by atoms with Crippen molar-refractivity contribution in [2.24, 2.45) is 0 Å². The van der Waals surface area contributed by atoms with Gasteiger partial charge in [-0.1, -0.05) is 0 Å². The number of rotatable bonds is 7. The summed E-state index contributed by atoms with van der Waals surface area (Å²) in [7, 11) is -3.06. The fourth-order valence-corrected chi connectivity index (χ4v) is 1.62. The molecule has 16 heavy (non-hydrogen) atoms. The number of sulfonamides is 1. The SMILES string of the molecule is CCS(=O)(=O)NCCNCc1ccn[nH]1.Cl. The minimum atomic E-state index is -3.06. The van der Waals surface area contributed by atoms with Gasteiger partial charge < -0.3 is 5.32 Å². The van der Waals surface area contributed by atoms with Crippen LogP contribution in [0.5, 0.6) is 0 Å². The van der Waals surface area contributed by atoms with Crippen molar-refractivity contribution < 1.29 is 8.42 Å². The molecule has 0 radical (unpaired) electrons. The van der Waals surface area contributed by atoms with E-state index in [1.54, 1.807) is 13.1 Å². The maximum Gasteiger partial charge on any atom is 0.211 e. The Bertz CT molecular complexity index is 365. The zero-order valence-corrected chi connectivity index (χ0v) is 10.7. The van der Waals surface area contributed by atoms with Crippen LogP contribution in [0.2, 0.25) is 0 Å². The molecule has 1 heterocycles.